The van der Waals surface area contributed by atoms with Gasteiger partial charge in [-0.3, -0.25) is 0 Å². The van der Waals surface area contributed by atoms with E-state index >= 15 is 0 Å². The van der Waals surface area contributed by atoms with Crippen LogP contribution < -0.4 is 0 Å². The summed E-state index contributed by atoms with van der Waals surface area (Å²) in [5, 5.41) is 0. The van der Waals surface area contributed by atoms with Crippen LogP contribution in [0, 0.1) is 0 Å². The van der Waals surface area contributed by atoms with Gasteiger partial charge in [0.1, 0.15) is 0 Å². The Balaban J connectivity index is 2.77. The van der Waals surface area contributed by atoms with Gasteiger partial charge in [-0.25, -0.2) is 4.79 Å². The maximum atomic E-state index is 11.2. The summed E-state index contributed by atoms with van der Waals surface area (Å²) in [5.41, 5.74) is 1.99. The molecule has 1 rings (SSSR count). The lowest BCUT2D eigenvalue weighted by molar-refractivity contribution is -0.136. The fourth-order valence-electron chi connectivity index (χ4n) is 1.36. The van der Waals surface area contributed by atoms with Crippen molar-refractivity contribution in [1.29, 1.82) is 0 Å². The number of nitrogens with zero attached hydrogens (tertiary/aromatic N) is 1. The second-order valence-electron chi connectivity index (χ2n) is 3.24. The van der Waals surface area contributed by atoms with Gasteiger partial charge in [0.2, 0.25) is 0 Å². The number of carbonyl (C=O) groups is 1. The molecule has 0 N–H and O–H groups in total. The first-order chi connectivity index (χ1) is 5.65. The first-order valence-electron chi connectivity index (χ1n) is 4.10. The summed E-state index contributed by atoms with van der Waals surface area (Å²) in [7, 11) is 3.44. The molecule has 0 aromatic carbocycles. The third kappa shape index (κ3) is 1.85. The lowest BCUT2D eigenvalue weighted by Crippen LogP contribution is -2.30. The molecule has 0 fully saturated rings. The molecule has 0 aromatic heterocycles. The number of rotatable bonds is 1. The first-order valence-corrected chi connectivity index (χ1v) is 4.10. The zero-order valence-corrected chi connectivity index (χ0v) is 7.89. The third-order valence-electron chi connectivity index (χ3n) is 2.24. The highest BCUT2D eigenvalue weighted by atomic mass is 16.5. The molecule has 0 radical (unpaired) electrons. The van der Waals surface area contributed by atoms with E-state index < -0.39 is 0 Å². The third-order valence-corrected chi connectivity index (χ3v) is 2.24. The summed E-state index contributed by atoms with van der Waals surface area (Å²) in [6, 6.07) is 0. The minimum atomic E-state index is -0.181. The molecule has 0 spiro atoms. The Morgan fingerprint density at radius 3 is 2.83 bits per heavy atom. The van der Waals surface area contributed by atoms with Crippen molar-refractivity contribution in [1.82, 2.24) is 4.90 Å². The van der Waals surface area contributed by atoms with E-state index in [1.807, 2.05) is 14.0 Å². The standard InChI is InChI=1S/C9H15NO2/c1-7-4-5-10(2)6-8(7)9(11)12-3/h4-6H2,1-3H3. The Morgan fingerprint density at radius 1 is 1.58 bits per heavy atom. The summed E-state index contributed by atoms with van der Waals surface area (Å²) >= 11 is 0. The Hall–Kier alpha value is -0.830. The zero-order valence-electron chi connectivity index (χ0n) is 7.89. The first kappa shape index (κ1) is 9.26. The van der Waals surface area contributed by atoms with Gasteiger partial charge in [0.05, 0.1) is 12.7 Å². The van der Waals surface area contributed by atoms with Crippen LogP contribution in [0.2, 0.25) is 0 Å². The Kier molecular flexibility index (Phi) is 2.87. The zero-order chi connectivity index (χ0) is 9.14. The largest absolute Gasteiger partial charge is 0.466 e. The lowest BCUT2D eigenvalue weighted by Gasteiger charge is -2.24. The summed E-state index contributed by atoms with van der Waals surface area (Å²) in [6.07, 6.45) is 0.973. The van der Waals surface area contributed by atoms with Crippen molar-refractivity contribution < 1.29 is 9.53 Å². The van der Waals surface area contributed by atoms with E-state index in [2.05, 4.69) is 9.64 Å². The summed E-state index contributed by atoms with van der Waals surface area (Å²) in [6.45, 7) is 3.75. The molecular formula is C9H15NO2. The van der Waals surface area contributed by atoms with Crippen LogP contribution in [-0.4, -0.2) is 38.1 Å². The SMILES string of the molecule is COC(=O)C1=C(C)CCN(C)C1. The normalized spacial score (nSPS) is 19.6. The van der Waals surface area contributed by atoms with Gasteiger partial charge in [0, 0.05) is 13.1 Å². The van der Waals surface area contributed by atoms with Gasteiger partial charge in [-0.1, -0.05) is 5.57 Å². The molecule has 12 heavy (non-hydrogen) atoms. The fourth-order valence-corrected chi connectivity index (χ4v) is 1.36. The van der Waals surface area contributed by atoms with Gasteiger partial charge in [-0.05, 0) is 20.4 Å². The number of hydrogen-bond acceptors (Lipinski definition) is 3. The average Bonchev–Trinajstić information content (AvgIpc) is 2.08. The van der Waals surface area contributed by atoms with Gasteiger partial charge < -0.3 is 9.64 Å². The Morgan fingerprint density at radius 2 is 2.25 bits per heavy atom. The lowest BCUT2D eigenvalue weighted by atomic mass is 10.0. The van der Waals surface area contributed by atoms with E-state index in [0.29, 0.717) is 0 Å². The molecule has 0 amide bonds. The average molecular weight is 169 g/mol. The molecule has 1 heterocycles. The van der Waals surface area contributed by atoms with Gasteiger partial charge in [-0.15, -0.1) is 0 Å². The molecule has 3 heteroatoms. The maximum absolute atomic E-state index is 11.2. The summed E-state index contributed by atoms with van der Waals surface area (Å²) < 4.78 is 4.68. The summed E-state index contributed by atoms with van der Waals surface area (Å²) in [5.74, 6) is -0.181. The quantitative estimate of drug-likeness (QED) is 0.544. The number of hydrogen-bond donors (Lipinski definition) is 0. The molecule has 68 valence electrons. The maximum Gasteiger partial charge on any atom is 0.334 e. The Labute approximate surface area is 73.0 Å². The van der Waals surface area contributed by atoms with Crippen LogP contribution in [0.5, 0.6) is 0 Å². The van der Waals surface area contributed by atoms with Crippen LogP contribution in [0.25, 0.3) is 0 Å². The molecule has 0 bridgehead atoms. The van der Waals surface area contributed by atoms with Crippen LogP contribution in [0.3, 0.4) is 0 Å². The van der Waals surface area contributed by atoms with Crippen molar-refractivity contribution in [2.75, 3.05) is 27.2 Å². The molecule has 0 saturated carbocycles. The second kappa shape index (κ2) is 3.72. The topological polar surface area (TPSA) is 29.5 Å². The van der Waals surface area contributed by atoms with E-state index in [0.717, 1.165) is 25.1 Å². The van der Waals surface area contributed by atoms with Gasteiger partial charge >= 0.3 is 5.97 Å². The van der Waals surface area contributed by atoms with E-state index in [-0.39, 0.29) is 5.97 Å². The van der Waals surface area contributed by atoms with Gasteiger partial charge in [0.25, 0.3) is 0 Å². The summed E-state index contributed by atoms with van der Waals surface area (Å²) in [4.78, 5) is 13.3. The van der Waals surface area contributed by atoms with Crippen molar-refractivity contribution >= 4 is 5.97 Å². The molecule has 0 atom stereocenters. The molecule has 1 aliphatic rings. The molecule has 0 aromatic rings. The van der Waals surface area contributed by atoms with E-state index in [9.17, 15) is 4.79 Å². The molecule has 0 saturated heterocycles. The number of esters is 1. The van der Waals surface area contributed by atoms with Crippen LogP contribution >= 0.6 is 0 Å². The van der Waals surface area contributed by atoms with E-state index in [1.165, 1.54) is 12.7 Å². The molecular weight excluding hydrogens is 154 g/mol. The highest BCUT2D eigenvalue weighted by molar-refractivity contribution is 5.89. The van der Waals surface area contributed by atoms with Gasteiger partial charge in [-0.2, -0.15) is 0 Å². The predicted molar refractivity (Wildman–Crippen MR) is 46.8 cm³/mol. The Bertz CT molecular complexity index is 221. The van der Waals surface area contributed by atoms with Crippen LogP contribution in [0.1, 0.15) is 13.3 Å². The number of ether oxygens (including phenoxy) is 1. The van der Waals surface area contributed by atoms with Crippen molar-refractivity contribution in [3.8, 4) is 0 Å². The van der Waals surface area contributed by atoms with E-state index in [4.69, 9.17) is 0 Å². The van der Waals surface area contributed by atoms with Crippen molar-refractivity contribution in [2.24, 2.45) is 0 Å². The van der Waals surface area contributed by atoms with Crippen LogP contribution in [0.15, 0.2) is 11.1 Å². The monoisotopic (exact) mass is 169 g/mol. The van der Waals surface area contributed by atoms with Crippen molar-refractivity contribution in [2.45, 2.75) is 13.3 Å². The number of methoxy groups -OCH3 is 1. The molecule has 0 unspecified atom stereocenters. The van der Waals surface area contributed by atoms with Gasteiger partial charge in [0.15, 0.2) is 0 Å². The fraction of sp³-hybridized carbons (Fsp3) is 0.667. The molecule has 1 aliphatic heterocycles. The minimum Gasteiger partial charge on any atom is -0.466 e. The smallest absolute Gasteiger partial charge is 0.334 e. The van der Waals surface area contributed by atoms with Crippen molar-refractivity contribution in [3.63, 3.8) is 0 Å². The van der Waals surface area contributed by atoms with E-state index in [1.54, 1.807) is 0 Å². The minimum absolute atomic E-state index is 0.181. The highest BCUT2D eigenvalue weighted by Gasteiger charge is 2.19. The van der Waals surface area contributed by atoms with Crippen molar-refractivity contribution in [3.05, 3.63) is 11.1 Å². The van der Waals surface area contributed by atoms with Crippen LogP contribution in [-0.2, 0) is 9.53 Å². The van der Waals surface area contributed by atoms with Crippen LogP contribution in [0.4, 0.5) is 0 Å². The molecule has 0 aliphatic carbocycles. The highest BCUT2D eigenvalue weighted by Crippen LogP contribution is 2.16. The number of carbonyl (C=O) groups excluding carboxylic acids is 1. The number of likely N-dealkylation sites (N-methyl/N-ethyl adjacent to an activating group) is 1. The molecule has 3 nitrogen and oxygen atoms in total. The second-order valence-corrected chi connectivity index (χ2v) is 3.24. The predicted octanol–water partition coefficient (Wildman–Crippen LogP) is 0.811.